The van der Waals surface area contributed by atoms with Gasteiger partial charge in [-0.1, -0.05) is 13.3 Å². The molecule has 0 bridgehead atoms. The molecule has 3 rings (SSSR count). The van der Waals surface area contributed by atoms with Crippen LogP contribution < -0.4 is 10.1 Å². The lowest BCUT2D eigenvalue weighted by Crippen LogP contribution is -2.29. The summed E-state index contributed by atoms with van der Waals surface area (Å²) in [5, 5.41) is 4.93. The SMILES string of the molecule is CCCC1NCCc2c1[nH]c1ccc(OC)cc21.Cl. The van der Waals surface area contributed by atoms with E-state index in [1.54, 1.807) is 7.11 Å². The van der Waals surface area contributed by atoms with Crippen LogP contribution in [0.1, 0.15) is 37.1 Å². The summed E-state index contributed by atoms with van der Waals surface area (Å²) in [6, 6.07) is 6.78. The number of halogens is 1. The first-order valence-electron chi connectivity index (χ1n) is 6.75. The fourth-order valence-corrected chi connectivity index (χ4v) is 2.95. The van der Waals surface area contributed by atoms with Crippen molar-refractivity contribution in [1.82, 2.24) is 10.3 Å². The fourth-order valence-electron chi connectivity index (χ4n) is 2.95. The zero-order valence-electron chi connectivity index (χ0n) is 11.5. The van der Waals surface area contributed by atoms with Crippen LogP contribution in [0.2, 0.25) is 0 Å². The van der Waals surface area contributed by atoms with Gasteiger partial charge in [-0.25, -0.2) is 0 Å². The molecular weight excluding hydrogens is 260 g/mol. The predicted octanol–water partition coefficient (Wildman–Crippen LogP) is 3.59. The Hall–Kier alpha value is -1.19. The summed E-state index contributed by atoms with van der Waals surface area (Å²) in [7, 11) is 1.72. The average Bonchev–Trinajstić information content (AvgIpc) is 2.78. The highest BCUT2D eigenvalue weighted by molar-refractivity contribution is 5.86. The highest BCUT2D eigenvalue weighted by Crippen LogP contribution is 2.33. The molecule has 3 nitrogen and oxygen atoms in total. The van der Waals surface area contributed by atoms with Crippen LogP contribution in [0, 0.1) is 0 Å². The van der Waals surface area contributed by atoms with Crippen molar-refractivity contribution in [2.24, 2.45) is 0 Å². The normalized spacial score (nSPS) is 17.9. The third-order valence-corrected chi connectivity index (χ3v) is 3.84. The van der Waals surface area contributed by atoms with E-state index < -0.39 is 0 Å². The molecule has 0 radical (unpaired) electrons. The number of hydrogen-bond donors (Lipinski definition) is 2. The van der Waals surface area contributed by atoms with Crippen molar-refractivity contribution in [2.75, 3.05) is 13.7 Å². The van der Waals surface area contributed by atoms with Crippen LogP contribution in [0.4, 0.5) is 0 Å². The van der Waals surface area contributed by atoms with E-state index in [1.807, 2.05) is 6.07 Å². The third kappa shape index (κ3) is 2.45. The Bertz CT molecular complexity index is 565. The molecule has 0 aliphatic carbocycles. The van der Waals surface area contributed by atoms with Gasteiger partial charge in [0.15, 0.2) is 0 Å². The number of methoxy groups -OCH3 is 1. The molecule has 19 heavy (non-hydrogen) atoms. The molecule has 1 aliphatic heterocycles. The smallest absolute Gasteiger partial charge is 0.119 e. The van der Waals surface area contributed by atoms with Crippen molar-refractivity contribution in [1.29, 1.82) is 0 Å². The summed E-state index contributed by atoms with van der Waals surface area (Å²) in [5.74, 6) is 0.940. The fraction of sp³-hybridized carbons (Fsp3) is 0.467. The molecule has 0 saturated heterocycles. The van der Waals surface area contributed by atoms with E-state index in [2.05, 4.69) is 29.4 Å². The molecule has 2 aromatic rings. The highest BCUT2D eigenvalue weighted by atomic mass is 35.5. The lowest BCUT2D eigenvalue weighted by atomic mass is 9.96. The molecule has 1 aromatic carbocycles. The molecule has 2 N–H and O–H groups in total. The number of hydrogen-bond acceptors (Lipinski definition) is 2. The van der Waals surface area contributed by atoms with Gasteiger partial charge in [0.1, 0.15) is 5.75 Å². The standard InChI is InChI=1S/C15H20N2O.ClH/c1-3-4-14-15-11(7-8-16-14)12-9-10(18-2)5-6-13(12)17-15;/h5-6,9,14,16-17H,3-4,7-8H2,1-2H3;1H. The maximum atomic E-state index is 5.33. The van der Waals surface area contributed by atoms with E-state index in [0.717, 1.165) is 18.7 Å². The molecule has 1 aliphatic rings. The molecular formula is C15H21ClN2O. The zero-order valence-corrected chi connectivity index (χ0v) is 12.3. The third-order valence-electron chi connectivity index (χ3n) is 3.84. The number of aromatic nitrogens is 1. The molecule has 0 amide bonds. The van der Waals surface area contributed by atoms with Gasteiger partial charge in [-0.05, 0) is 43.1 Å². The summed E-state index contributed by atoms with van der Waals surface area (Å²) in [6.45, 7) is 3.31. The molecule has 104 valence electrons. The monoisotopic (exact) mass is 280 g/mol. The van der Waals surface area contributed by atoms with E-state index in [4.69, 9.17) is 4.74 Å². The average molecular weight is 281 g/mol. The second kappa shape index (κ2) is 5.85. The summed E-state index contributed by atoms with van der Waals surface area (Å²) in [5.41, 5.74) is 4.08. The van der Waals surface area contributed by atoms with E-state index in [9.17, 15) is 0 Å². The van der Waals surface area contributed by atoms with Gasteiger partial charge in [-0.15, -0.1) is 12.4 Å². The minimum absolute atomic E-state index is 0. The molecule has 1 aromatic heterocycles. The molecule has 1 unspecified atom stereocenters. The summed E-state index contributed by atoms with van der Waals surface area (Å²) < 4.78 is 5.33. The van der Waals surface area contributed by atoms with Crippen LogP contribution in [-0.4, -0.2) is 18.6 Å². The Balaban J connectivity index is 0.00000133. The van der Waals surface area contributed by atoms with Crippen molar-refractivity contribution in [3.8, 4) is 5.75 Å². The maximum Gasteiger partial charge on any atom is 0.119 e. The second-order valence-electron chi connectivity index (χ2n) is 4.97. The zero-order chi connectivity index (χ0) is 12.5. The van der Waals surface area contributed by atoms with Gasteiger partial charge in [0.05, 0.1) is 7.11 Å². The van der Waals surface area contributed by atoms with E-state index in [0.29, 0.717) is 6.04 Å². The van der Waals surface area contributed by atoms with Crippen LogP contribution in [0.25, 0.3) is 10.9 Å². The van der Waals surface area contributed by atoms with Crippen LogP contribution in [0.3, 0.4) is 0 Å². The lowest BCUT2D eigenvalue weighted by Gasteiger charge is -2.23. The van der Waals surface area contributed by atoms with Gasteiger partial charge in [0.25, 0.3) is 0 Å². The number of fused-ring (bicyclic) bond motifs is 3. The minimum atomic E-state index is 0. The van der Waals surface area contributed by atoms with E-state index in [-0.39, 0.29) is 12.4 Å². The first kappa shape index (κ1) is 14.2. The summed E-state index contributed by atoms with van der Waals surface area (Å²) in [4.78, 5) is 3.58. The number of nitrogens with one attached hydrogen (secondary N) is 2. The van der Waals surface area contributed by atoms with Crippen LogP contribution >= 0.6 is 12.4 Å². The molecule has 0 saturated carbocycles. The Morgan fingerprint density at radius 1 is 1.37 bits per heavy atom. The van der Waals surface area contributed by atoms with Crippen molar-refractivity contribution in [3.05, 3.63) is 29.5 Å². The number of benzene rings is 1. The molecule has 4 heteroatoms. The van der Waals surface area contributed by atoms with Gasteiger partial charge in [-0.3, -0.25) is 0 Å². The van der Waals surface area contributed by atoms with Crippen molar-refractivity contribution >= 4 is 23.3 Å². The van der Waals surface area contributed by atoms with Crippen LogP contribution in [0.5, 0.6) is 5.75 Å². The van der Waals surface area contributed by atoms with E-state index in [1.165, 1.54) is 35.0 Å². The Morgan fingerprint density at radius 2 is 2.21 bits per heavy atom. The maximum absolute atomic E-state index is 5.33. The van der Waals surface area contributed by atoms with Crippen molar-refractivity contribution in [3.63, 3.8) is 0 Å². The lowest BCUT2D eigenvalue weighted by molar-refractivity contribution is 0.415. The molecule has 0 fully saturated rings. The van der Waals surface area contributed by atoms with Crippen molar-refractivity contribution in [2.45, 2.75) is 32.2 Å². The topological polar surface area (TPSA) is 37.0 Å². The number of ether oxygens (including phenoxy) is 1. The largest absolute Gasteiger partial charge is 0.497 e. The van der Waals surface area contributed by atoms with Gasteiger partial charge in [-0.2, -0.15) is 0 Å². The first-order valence-corrected chi connectivity index (χ1v) is 6.75. The minimum Gasteiger partial charge on any atom is -0.497 e. The Kier molecular flexibility index (Phi) is 4.38. The number of rotatable bonds is 3. The van der Waals surface area contributed by atoms with Gasteiger partial charge in [0.2, 0.25) is 0 Å². The predicted molar refractivity (Wildman–Crippen MR) is 81.5 cm³/mol. The van der Waals surface area contributed by atoms with E-state index >= 15 is 0 Å². The quantitative estimate of drug-likeness (QED) is 0.902. The molecule has 1 atom stereocenters. The van der Waals surface area contributed by atoms with Crippen molar-refractivity contribution < 1.29 is 4.74 Å². The highest BCUT2D eigenvalue weighted by Gasteiger charge is 2.23. The Labute approximate surface area is 120 Å². The van der Waals surface area contributed by atoms with Crippen LogP contribution in [-0.2, 0) is 6.42 Å². The number of H-pyrrole nitrogens is 1. The summed E-state index contributed by atoms with van der Waals surface area (Å²) >= 11 is 0. The molecule has 0 spiro atoms. The number of aromatic amines is 1. The second-order valence-corrected chi connectivity index (χ2v) is 4.97. The Morgan fingerprint density at radius 3 is 2.95 bits per heavy atom. The van der Waals surface area contributed by atoms with Gasteiger partial charge < -0.3 is 15.0 Å². The first-order chi connectivity index (χ1) is 8.83. The van der Waals surface area contributed by atoms with Gasteiger partial charge in [0, 0.05) is 22.6 Å². The van der Waals surface area contributed by atoms with Crippen LogP contribution in [0.15, 0.2) is 18.2 Å². The van der Waals surface area contributed by atoms with Gasteiger partial charge >= 0.3 is 0 Å². The molecule has 2 heterocycles. The summed E-state index contributed by atoms with van der Waals surface area (Å²) in [6.07, 6.45) is 3.50.